The van der Waals surface area contributed by atoms with E-state index < -0.39 is 28.4 Å². The van der Waals surface area contributed by atoms with Crippen molar-refractivity contribution < 1.29 is 27.6 Å². The smallest absolute Gasteiger partial charge is 0.338 e. The van der Waals surface area contributed by atoms with Gasteiger partial charge in [0.05, 0.1) is 9.13 Å². The van der Waals surface area contributed by atoms with Crippen molar-refractivity contribution in [2.24, 2.45) is 0 Å². The highest BCUT2D eigenvalue weighted by atomic mass is 127. The number of rotatable bonds is 4. The van der Waals surface area contributed by atoms with E-state index in [0.29, 0.717) is 3.57 Å². The molecule has 0 unspecified atom stereocenters. The number of phenolic OH excluding ortho intramolecular Hbond substituents is 1. The molecule has 6 nitrogen and oxygen atoms in total. The summed E-state index contributed by atoms with van der Waals surface area (Å²) in [5.41, 5.74) is 0.109. The number of carbonyl (C=O) groups excluding carboxylic acids is 1. The van der Waals surface area contributed by atoms with E-state index in [0.717, 1.165) is 0 Å². The van der Waals surface area contributed by atoms with Crippen molar-refractivity contribution in [1.29, 1.82) is 0 Å². The summed E-state index contributed by atoms with van der Waals surface area (Å²) in [6.45, 7) is -0.440. The molecule has 94 valence electrons. The summed E-state index contributed by atoms with van der Waals surface area (Å²) in [6, 6.07) is 4.18. The van der Waals surface area contributed by atoms with Gasteiger partial charge in [0.15, 0.2) is 0 Å². The fourth-order valence-electron chi connectivity index (χ4n) is 0.963. The average molecular weight is 372 g/mol. The lowest BCUT2D eigenvalue weighted by Crippen LogP contribution is -2.14. The lowest BCUT2D eigenvalue weighted by atomic mass is 10.2. The summed E-state index contributed by atoms with van der Waals surface area (Å²) in [7, 11) is -4.14. The van der Waals surface area contributed by atoms with Gasteiger partial charge in [-0.3, -0.25) is 4.55 Å². The van der Waals surface area contributed by atoms with E-state index in [1.165, 1.54) is 18.2 Å². The topological polar surface area (TPSA) is 101 Å². The predicted molar refractivity (Wildman–Crippen MR) is 67.5 cm³/mol. The van der Waals surface area contributed by atoms with Gasteiger partial charge in [-0.25, -0.2) is 4.79 Å². The second-order valence-corrected chi connectivity index (χ2v) is 5.82. The third-order valence-electron chi connectivity index (χ3n) is 1.76. The number of hydrogen-bond acceptors (Lipinski definition) is 5. The van der Waals surface area contributed by atoms with E-state index in [1.54, 1.807) is 0 Å². The molecule has 0 aliphatic heterocycles. The predicted octanol–water partition coefficient (Wildman–Crippen LogP) is 1.04. The van der Waals surface area contributed by atoms with Gasteiger partial charge in [0.25, 0.3) is 10.1 Å². The molecule has 1 aromatic rings. The maximum absolute atomic E-state index is 11.4. The zero-order valence-corrected chi connectivity index (χ0v) is 11.4. The number of benzene rings is 1. The molecule has 1 aromatic carbocycles. The van der Waals surface area contributed by atoms with Crippen LogP contribution in [0.25, 0.3) is 0 Å². The Bertz CT molecular complexity index is 524. The molecule has 2 N–H and O–H groups in total. The second kappa shape index (κ2) is 5.65. The Morgan fingerprint density at radius 2 is 2.06 bits per heavy atom. The van der Waals surface area contributed by atoms with E-state index in [2.05, 4.69) is 4.74 Å². The summed E-state index contributed by atoms with van der Waals surface area (Å²) in [4.78, 5) is 11.4. The zero-order valence-electron chi connectivity index (χ0n) is 8.46. The minimum Gasteiger partial charge on any atom is -0.507 e. The van der Waals surface area contributed by atoms with E-state index in [1.807, 2.05) is 22.6 Å². The van der Waals surface area contributed by atoms with Crippen LogP contribution in [0.5, 0.6) is 5.75 Å². The van der Waals surface area contributed by atoms with Crippen LogP contribution in [0.4, 0.5) is 0 Å². The monoisotopic (exact) mass is 372 g/mol. The second-order valence-electron chi connectivity index (χ2n) is 3.09. The van der Waals surface area contributed by atoms with Crippen molar-refractivity contribution in [3.63, 3.8) is 0 Å². The van der Waals surface area contributed by atoms with Gasteiger partial charge in [-0.15, -0.1) is 0 Å². The fourth-order valence-corrected chi connectivity index (χ4v) is 1.59. The maximum atomic E-state index is 11.4. The number of hydrogen-bond donors (Lipinski definition) is 2. The van der Waals surface area contributed by atoms with Crippen LogP contribution in [-0.2, 0) is 14.9 Å². The minimum absolute atomic E-state index is 0.0603. The molecule has 0 aliphatic rings. The van der Waals surface area contributed by atoms with Crippen molar-refractivity contribution in [2.75, 3.05) is 12.4 Å². The first kappa shape index (κ1) is 14.2. The van der Waals surface area contributed by atoms with Crippen molar-refractivity contribution in [3.8, 4) is 5.75 Å². The van der Waals surface area contributed by atoms with Crippen LogP contribution in [0.15, 0.2) is 18.2 Å². The van der Waals surface area contributed by atoms with Gasteiger partial charge >= 0.3 is 5.97 Å². The molecule has 1 rings (SSSR count). The van der Waals surface area contributed by atoms with Crippen molar-refractivity contribution >= 4 is 38.7 Å². The van der Waals surface area contributed by atoms with Crippen molar-refractivity contribution in [3.05, 3.63) is 27.3 Å². The summed E-state index contributed by atoms with van der Waals surface area (Å²) >= 11 is 1.89. The molecule has 0 saturated carbocycles. The number of esters is 1. The van der Waals surface area contributed by atoms with Crippen LogP contribution in [0.3, 0.4) is 0 Å². The number of phenols is 1. The summed E-state index contributed by atoms with van der Waals surface area (Å²) < 4.78 is 34.4. The van der Waals surface area contributed by atoms with Crippen LogP contribution in [0, 0.1) is 3.57 Å². The Morgan fingerprint density at radius 3 is 2.59 bits per heavy atom. The molecule has 0 radical (unpaired) electrons. The molecule has 0 amide bonds. The van der Waals surface area contributed by atoms with Gasteiger partial charge in [-0.2, -0.15) is 8.42 Å². The molecule has 0 atom stereocenters. The summed E-state index contributed by atoms with van der Waals surface area (Å²) in [5.74, 6) is -1.48. The van der Waals surface area contributed by atoms with Gasteiger partial charge in [0.1, 0.15) is 18.1 Å². The third kappa shape index (κ3) is 4.88. The first-order chi connectivity index (χ1) is 7.79. The minimum atomic E-state index is -4.14. The fraction of sp³-hybridized carbons (Fsp3) is 0.222. The standard InChI is InChI=1S/C9H9IO6S/c10-7-2-1-6(5-8(7)11)9(12)16-3-4-17(13,14)15/h1-2,5,11H,3-4H2,(H,13,14,15). The first-order valence-electron chi connectivity index (χ1n) is 4.40. The van der Waals surface area contributed by atoms with E-state index in [9.17, 15) is 18.3 Å². The van der Waals surface area contributed by atoms with Crippen LogP contribution >= 0.6 is 22.6 Å². The number of ether oxygens (including phenoxy) is 1. The molecule has 0 aromatic heterocycles. The quantitative estimate of drug-likeness (QED) is 0.465. The Labute approximate surface area is 111 Å². The van der Waals surface area contributed by atoms with Gasteiger partial charge in [0, 0.05) is 0 Å². The van der Waals surface area contributed by atoms with Gasteiger partial charge in [0.2, 0.25) is 0 Å². The highest BCUT2D eigenvalue weighted by molar-refractivity contribution is 14.1. The number of halogens is 1. The third-order valence-corrected chi connectivity index (χ3v) is 3.35. The van der Waals surface area contributed by atoms with Crippen LogP contribution in [0.2, 0.25) is 0 Å². The molecule has 8 heteroatoms. The van der Waals surface area contributed by atoms with Gasteiger partial charge in [-0.05, 0) is 40.8 Å². The van der Waals surface area contributed by atoms with Crippen LogP contribution in [0.1, 0.15) is 10.4 Å². The van der Waals surface area contributed by atoms with Crippen molar-refractivity contribution in [1.82, 2.24) is 0 Å². The normalized spacial score (nSPS) is 11.2. The highest BCUT2D eigenvalue weighted by Crippen LogP contribution is 2.20. The Kier molecular flexibility index (Phi) is 4.71. The van der Waals surface area contributed by atoms with E-state index in [4.69, 9.17) is 4.55 Å². The molecular weight excluding hydrogens is 363 g/mol. The number of aromatic hydroxyl groups is 1. The lowest BCUT2D eigenvalue weighted by molar-refractivity contribution is 0.0528. The molecule has 0 fully saturated rings. The molecule has 0 aliphatic carbocycles. The molecule has 0 spiro atoms. The zero-order chi connectivity index (χ0) is 13.1. The molecular formula is C9H9IO6S. The summed E-state index contributed by atoms with van der Waals surface area (Å²) in [6.07, 6.45) is 0. The largest absolute Gasteiger partial charge is 0.507 e. The summed E-state index contributed by atoms with van der Waals surface area (Å²) in [5, 5.41) is 9.35. The van der Waals surface area contributed by atoms with Gasteiger partial charge < -0.3 is 9.84 Å². The SMILES string of the molecule is O=C(OCCS(=O)(=O)O)c1ccc(I)c(O)c1. The van der Waals surface area contributed by atoms with Crippen molar-refractivity contribution in [2.45, 2.75) is 0 Å². The molecule has 0 bridgehead atoms. The highest BCUT2D eigenvalue weighted by Gasteiger charge is 2.11. The average Bonchev–Trinajstić information content (AvgIpc) is 2.20. The number of carbonyl (C=O) groups is 1. The lowest BCUT2D eigenvalue weighted by Gasteiger charge is -2.04. The first-order valence-corrected chi connectivity index (χ1v) is 7.09. The van der Waals surface area contributed by atoms with E-state index >= 15 is 0 Å². The Hall–Kier alpha value is -0.870. The molecule has 0 heterocycles. The molecule has 0 saturated heterocycles. The van der Waals surface area contributed by atoms with E-state index in [-0.39, 0.29) is 11.3 Å². The maximum Gasteiger partial charge on any atom is 0.338 e. The molecule has 17 heavy (non-hydrogen) atoms. The Morgan fingerprint density at radius 1 is 1.41 bits per heavy atom. The Balaban J connectivity index is 2.61. The van der Waals surface area contributed by atoms with Crippen LogP contribution < -0.4 is 0 Å². The van der Waals surface area contributed by atoms with Crippen LogP contribution in [-0.4, -0.2) is 36.4 Å². The van der Waals surface area contributed by atoms with Gasteiger partial charge in [-0.1, -0.05) is 0 Å².